The molecular weight excluding hydrogens is 386 g/mol. The van der Waals surface area contributed by atoms with Crippen LogP contribution in [0.5, 0.6) is 5.75 Å². The van der Waals surface area contributed by atoms with Gasteiger partial charge in [0.15, 0.2) is 5.65 Å². The fraction of sp³-hybridized carbons (Fsp3) is 0.320. The molecule has 0 saturated heterocycles. The van der Waals surface area contributed by atoms with E-state index in [1.807, 2.05) is 19.2 Å². The van der Waals surface area contributed by atoms with Gasteiger partial charge in [0.05, 0.1) is 24.1 Å². The van der Waals surface area contributed by atoms with Crippen LogP contribution in [0, 0.1) is 19.8 Å². The molecule has 0 radical (unpaired) electrons. The van der Waals surface area contributed by atoms with Gasteiger partial charge in [-0.15, -0.1) is 10.2 Å². The van der Waals surface area contributed by atoms with E-state index < -0.39 is 0 Å². The highest BCUT2D eigenvalue weighted by molar-refractivity contribution is 5.79. The lowest BCUT2D eigenvalue weighted by Gasteiger charge is -2.31. The monoisotopic (exact) mass is 411 g/mol. The van der Waals surface area contributed by atoms with Gasteiger partial charge >= 0.3 is 0 Å². The second kappa shape index (κ2) is 7.08. The molecule has 0 amide bonds. The second-order valence-electron chi connectivity index (χ2n) is 8.65. The summed E-state index contributed by atoms with van der Waals surface area (Å²) >= 11 is 0. The Morgan fingerprint density at radius 3 is 2.77 bits per heavy atom. The first-order valence-corrected chi connectivity index (χ1v) is 11.0. The molecule has 6 heteroatoms. The van der Waals surface area contributed by atoms with Crippen molar-refractivity contribution >= 4 is 17.0 Å². The standard InChI is InChI=1S/C25H25N5O/c1-16-3-7-20(15-26-16)29-11-12-31-23-14-19(6-8-22(23)29)21-9-10-30-24(13-18-4-5-18)27-28-25(30)17(21)2/h3,6-10,14-15,18H,4-5,11-13H2,1-2H3. The number of anilines is 2. The first-order valence-electron chi connectivity index (χ1n) is 11.0. The molecule has 0 unspecified atom stereocenters. The van der Waals surface area contributed by atoms with Gasteiger partial charge in [-0.1, -0.05) is 6.07 Å². The van der Waals surface area contributed by atoms with E-state index in [1.54, 1.807) is 0 Å². The fourth-order valence-electron chi connectivity index (χ4n) is 4.44. The summed E-state index contributed by atoms with van der Waals surface area (Å²) < 4.78 is 8.20. The molecule has 1 aliphatic carbocycles. The van der Waals surface area contributed by atoms with Crippen LogP contribution in [0.25, 0.3) is 16.8 Å². The van der Waals surface area contributed by atoms with Gasteiger partial charge in [-0.05, 0) is 74.1 Å². The van der Waals surface area contributed by atoms with Gasteiger partial charge in [0.1, 0.15) is 18.2 Å². The van der Waals surface area contributed by atoms with Crippen LogP contribution in [-0.4, -0.2) is 32.7 Å². The number of nitrogens with zero attached hydrogens (tertiary/aromatic N) is 5. The van der Waals surface area contributed by atoms with E-state index in [2.05, 4.69) is 67.9 Å². The summed E-state index contributed by atoms with van der Waals surface area (Å²) in [5.74, 6) is 2.76. The maximum atomic E-state index is 6.05. The summed E-state index contributed by atoms with van der Waals surface area (Å²) in [7, 11) is 0. The van der Waals surface area contributed by atoms with Gasteiger partial charge in [-0.25, -0.2) is 0 Å². The third kappa shape index (κ3) is 3.23. The van der Waals surface area contributed by atoms with Crippen LogP contribution >= 0.6 is 0 Å². The van der Waals surface area contributed by atoms with Crippen molar-refractivity contribution in [3.8, 4) is 16.9 Å². The van der Waals surface area contributed by atoms with Crippen molar-refractivity contribution in [3.63, 3.8) is 0 Å². The van der Waals surface area contributed by atoms with Crippen LogP contribution in [0.2, 0.25) is 0 Å². The van der Waals surface area contributed by atoms with Gasteiger partial charge < -0.3 is 9.64 Å². The highest BCUT2D eigenvalue weighted by atomic mass is 16.5. The Morgan fingerprint density at radius 2 is 1.97 bits per heavy atom. The van der Waals surface area contributed by atoms with E-state index in [0.29, 0.717) is 6.61 Å². The van der Waals surface area contributed by atoms with Crippen LogP contribution in [-0.2, 0) is 6.42 Å². The average Bonchev–Trinajstić information content (AvgIpc) is 3.52. The molecule has 3 aromatic heterocycles. The smallest absolute Gasteiger partial charge is 0.164 e. The molecule has 0 atom stereocenters. The van der Waals surface area contributed by atoms with Gasteiger partial charge in [0, 0.05) is 23.9 Å². The number of hydrogen-bond donors (Lipinski definition) is 0. The van der Waals surface area contributed by atoms with Crippen LogP contribution in [0.15, 0.2) is 48.8 Å². The van der Waals surface area contributed by atoms with Crippen molar-refractivity contribution in [2.45, 2.75) is 33.1 Å². The highest BCUT2D eigenvalue weighted by Gasteiger charge is 2.25. The number of aromatic nitrogens is 4. The third-order valence-corrected chi connectivity index (χ3v) is 6.41. The molecule has 6 rings (SSSR count). The van der Waals surface area contributed by atoms with E-state index in [0.717, 1.165) is 64.3 Å². The number of fused-ring (bicyclic) bond motifs is 2. The third-order valence-electron chi connectivity index (χ3n) is 6.41. The molecule has 0 N–H and O–H groups in total. The molecule has 1 saturated carbocycles. The summed E-state index contributed by atoms with van der Waals surface area (Å²) in [5.41, 5.74) is 7.58. The normalized spacial score (nSPS) is 15.7. The van der Waals surface area contributed by atoms with Crippen LogP contribution in [0.1, 0.15) is 29.9 Å². The first kappa shape index (κ1) is 18.4. The van der Waals surface area contributed by atoms with E-state index in [9.17, 15) is 0 Å². The number of hydrogen-bond acceptors (Lipinski definition) is 5. The Hall–Kier alpha value is -3.41. The van der Waals surface area contributed by atoms with Crippen molar-refractivity contribution < 1.29 is 4.74 Å². The minimum Gasteiger partial charge on any atom is -0.490 e. The summed E-state index contributed by atoms with van der Waals surface area (Å²) in [6.07, 6.45) is 7.70. The molecule has 0 bridgehead atoms. The Morgan fingerprint density at radius 1 is 1.06 bits per heavy atom. The minimum atomic E-state index is 0.650. The van der Waals surface area contributed by atoms with Crippen molar-refractivity contribution in [1.29, 1.82) is 0 Å². The van der Waals surface area contributed by atoms with Crippen molar-refractivity contribution in [1.82, 2.24) is 19.6 Å². The quantitative estimate of drug-likeness (QED) is 0.478. The van der Waals surface area contributed by atoms with Crippen molar-refractivity contribution in [3.05, 3.63) is 65.9 Å². The van der Waals surface area contributed by atoms with E-state index in [-0.39, 0.29) is 0 Å². The maximum absolute atomic E-state index is 6.05. The number of aryl methyl sites for hydroxylation is 2. The van der Waals surface area contributed by atoms with E-state index in [1.165, 1.54) is 18.4 Å². The molecule has 1 aliphatic heterocycles. The summed E-state index contributed by atoms with van der Waals surface area (Å²) in [4.78, 5) is 6.73. The molecule has 0 spiro atoms. The molecule has 4 heterocycles. The topological polar surface area (TPSA) is 55.6 Å². The predicted molar refractivity (Wildman–Crippen MR) is 121 cm³/mol. The van der Waals surface area contributed by atoms with Crippen LogP contribution in [0.3, 0.4) is 0 Å². The number of pyridine rings is 2. The molecule has 1 fully saturated rings. The molecule has 6 nitrogen and oxygen atoms in total. The lowest BCUT2D eigenvalue weighted by Crippen LogP contribution is -2.28. The molecule has 156 valence electrons. The Bertz CT molecular complexity index is 1270. The van der Waals surface area contributed by atoms with Gasteiger partial charge in [-0.2, -0.15) is 0 Å². The fourth-order valence-corrected chi connectivity index (χ4v) is 4.44. The van der Waals surface area contributed by atoms with Crippen LogP contribution in [0.4, 0.5) is 11.4 Å². The first-order chi connectivity index (χ1) is 15.2. The summed E-state index contributed by atoms with van der Waals surface area (Å²) in [5, 5.41) is 8.96. The molecular formula is C25H25N5O. The Balaban J connectivity index is 1.37. The number of rotatable bonds is 4. The lowest BCUT2D eigenvalue weighted by molar-refractivity contribution is 0.314. The lowest BCUT2D eigenvalue weighted by atomic mass is 10.0. The van der Waals surface area contributed by atoms with E-state index in [4.69, 9.17) is 4.74 Å². The molecule has 4 aromatic rings. The zero-order valence-corrected chi connectivity index (χ0v) is 17.9. The largest absolute Gasteiger partial charge is 0.490 e. The zero-order valence-electron chi connectivity index (χ0n) is 17.9. The van der Waals surface area contributed by atoms with Gasteiger partial charge in [0.25, 0.3) is 0 Å². The number of benzene rings is 1. The number of ether oxygens (including phenoxy) is 1. The van der Waals surface area contributed by atoms with Gasteiger partial charge in [0.2, 0.25) is 0 Å². The van der Waals surface area contributed by atoms with Crippen molar-refractivity contribution in [2.75, 3.05) is 18.1 Å². The zero-order chi connectivity index (χ0) is 20.9. The highest BCUT2D eigenvalue weighted by Crippen LogP contribution is 2.40. The average molecular weight is 412 g/mol. The van der Waals surface area contributed by atoms with E-state index >= 15 is 0 Å². The Labute approximate surface area is 181 Å². The Kier molecular flexibility index (Phi) is 4.19. The molecule has 1 aromatic carbocycles. The molecule has 31 heavy (non-hydrogen) atoms. The maximum Gasteiger partial charge on any atom is 0.164 e. The van der Waals surface area contributed by atoms with Crippen molar-refractivity contribution in [2.24, 2.45) is 5.92 Å². The van der Waals surface area contributed by atoms with Crippen LogP contribution < -0.4 is 9.64 Å². The SMILES string of the molecule is Cc1ccc(N2CCOc3cc(-c4ccn5c(CC6CC6)nnc5c4C)ccc32)cn1. The van der Waals surface area contributed by atoms with Gasteiger partial charge in [-0.3, -0.25) is 9.38 Å². The summed E-state index contributed by atoms with van der Waals surface area (Å²) in [6.45, 7) is 5.60. The molecule has 2 aliphatic rings. The predicted octanol–water partition coefficient (Wildman–Crippen LogP) is 4.89. The second-order valence-corrected chi connectivity index (χ2v) is 8.65. The minimum absolute atomic E-state index is 0.650. The summed E-state index contributed by atoms with van der Waals surface area (Å²) in [6, 6.07) is 12.8.